The highest BCUT2D eigenvalue weighted by Crippen LogP contribution is 2.14. The van der Waals surface area contributed by atoms with Crippen molar-refractivity contribution in [3.8, 4) is 0 Å². The van der Waals surface area contributed by atoms with Crippen LogP contribution in [-0.4, -0.2) is 17.9 Å². The number of hydrogen-bond donors (Lipinski definition) is 2. The Bertz CT molecular complexity index is 940. The zero-order valence-corrected chi connectivity index (χ0v) is 16.4. The van der Waals surface area contributed by atoms with Crippen molar-refractivity contribution < 1.29 is 9.59 Å². The van der Waals surface area contributed by atoms with E-state index in [9.17, 15) is 9.59 Å². The van der Waals surface area contributed by atoms with Crippen LogP contribution in [0.3, 0.4) is 0 Å². The first-order chi connectivity index (χ1) is 13.0. The van der Waals surface area contributed by atoms with Crippen LogP contribution in [0, 0.1) is 6.92 Å². The largest absolute Gasteiger partial charge is 0.359 e. The lowest BCUT2D eigenvalue weighted by atomic mass is 10.1. The molecule has 0 heterocycles. The first-order valence-electron chi connectivity index (χ1n) is 8.52. The van der Waals surface area contributed by atoms with Crippen molar-refractivity contribution in [2.75, 3.05) is 5.32 Å². The Kier molecular flexibility index (Phi) is 6.04. The van der Waals surface area contributed by atoms with Crippen molar-refractivity contribution >= 4 is 33.3 Å². The topological polar surface area (TPSA) is 58.2 Å². The smallest absolute Gasteiger partial charge is 0.253 e. The number of amides is 1. The van der Waals surface area contributed by atoms with Gasteiger partial charge in [-0.25, -0.2) is 0 Å². The second-order valence-corrected chi connectivity index (χ2v) is 7.07. The molecule has 2 N–H and O–H groups in total. The van der Waals surface area contributed by atoms with Crippen LogP contribution in [0.1, 0.15) is 26.3 Å². The van der Waals surface area contributed by atoms with Gasteiger partial charge in [0.05, 0.1) is 0 Å². The molecule has 0 fully saturated rings. The molecule has 3 rings (SSSR count). The summed E-state index contributed by atoms with van der Waals surface area (Å²) in [5, 5.41) is 5.94. The standard InChI is InChI=1S/C22H19BrN2O2/c1-15-6-5-9-19(14-15)24-21(20(26)16-7-3-2-4-8-16)25-22(27)17-10-12-18(23)13-11-17/h2-14,21,24H,1H3,(H,25,27)/t21-/m0/s1. The van der Waals surface area contributed by atoms with Gasteiger partial charge in [0.15, 0.2) is 6.17 Å². The fraction of sp³-hybridized carbons (Fsp3) is 0.0909. The summed E-state index contributed by atoms with van der Waals surface area (Å²) in [5.74, 6) is -0.528. The van der Waals surface area contributed by atoms with E-state index in [1.807, 2.05) is 37.3 Å². The zero-order chi connectivity index (χ0) is 19.2. The number of carbonyl (C=O) groups excluding carboxylic acids is 2. The Hall–Kier alpha value is -2.92. The Morgan fingerprint density at radius 3 is 2.22 bits per heavy atom. The summed E-state index contributed by atoms with van der Waals surface area (Å²) in [5.41, 5.74) is 2.83. The maximum Gasteiger partial charge on any atom is 0.253 e. The molecule has 1 amide bonds. The third-order valence-corrected chi connectivity index (χ3v) is 4.56. The molecule has 0 saturated carbocycles. The Labute approximate surface area is 166 Å². The number of benzene rings is 3. The first kappa shape index (κ1) is 18.9. The van der Waals surface area contributed by atoms with Crippen molar-refractivity contribution in [2.24, 2.45) is 0 Å². The molecule has 0 saturated heterocycles. The lowest BCUT2D eigenvalue weighted by molar-refractivity contribution is 0.0869. The van der Waals surface area contributed by atoms with Gasteiger partial charge in [-0.1, -0.05) is 58.4 Å². The van der Waals surface area contributed by atoms with Gasteiger partial charge in [-0.3, -0.25) is 9.59 Å². The molecule has 0 radical (unpaired) electrons. The molecule has 0 bridgehead atoms. The van der Waals surface area contributed by atoms with Crippen LogP contribution in [-0.2, 0) is 0 Å². The second kappa shape index (κ2) is 8.64. The molecule has 136 valence electrons. The third-order valence-electron chi connectivity index (χ3n) is 4.03. The molecule has 0 aliphatic rings. The van der Waals surface area contributed by atoms with Crippen molar-refractivity contribution in [3.05, 3.63) is 100 Å². The van der Waals surface area contributed by atoms with Crippen LogP contribution >= 0.6 is 15.9 Å². The maximum atomic E-state index is 13.0. The van der Waals surface area contributed by atoms with E-state index in [0.717, 1.165) is 15.7 Å². The quantitative estimate of drug-likeness (QED) is 0.442. The van der Waals surface area contributed by atoms with Gasteiger partial charge >= 0.3 is 0 Å². The van der Waals surface area contributed by atoms with Gasteiger partial charge in [-0.2, -0.15) is 0 Å². The number of rotatable bonds is 6. The van der Waals surface area contributed by atoms with Gasteiger partial charge in [0.25, 0.3) is 5.91 Å². The molecule has 0 aliphatic heterocycles. The van der Waals surface area contributed by atoms with Crippen molar-refractivity contribution in [3.63, 3.8) is 0 Å². The van der Waals surface area contributed by atoms with Crippen LogP contribution in [0.5, 0.6) is 0 Å². The van der Waals surface area contributed by atoms with Crippen LogP contribution in [0.15, 0.2) is 83.3 Å². The van der Waals surface area contributed by atoms with E-state index in [4.69, 9.17) is 0 Å². The molecule has 0 unspecified atom stereocenters. The fourth-order valence-electron chi connectivity index (χ4n) is 2.65. The molecule has 0 aromatic heterocycles. The number of aryl methyl sites for hydroxylation is 1. The molecule has 5 heteroatoms. The minimum Gasteiger partial charge on any atom is -0.359 e. The first-order valence-corrected chi connectivity index (χ1v) is 9.31. The number of hydrogen-bond acceptors (Lipinski definition) is 3. The third kappa shape index (κ3) is 5.05. The maximum absolute atomic E-state index is 13.0. The van der Waals surface area contributed by atoms with E-state index in [-0.39, 0.29) is 11.7 Å². The molecule has 0 aliphatic carbocycles. The average molecular weight is 423 g/mol. The molecule has 4 nitrogen and oxygen atoms in total. The van der Waals surface area contributed by atoms with Gasteiger partial charge in [0.2, 0.25) is 5.78 Å². The van der Waals surface area contributed by atoms with E-state index in [1.54, 1.807) is 48.5 Å². The summed E-state index contributed by atoms with van der Waals surface area (Å²) in [7, 11) is 0. The molecule has 1 atom stereocenters. The van der Waals surface area contributed by atoms with Gasteiger partial charge in [-0.05, 0) is 48.9 Å². The summed E-state index contributed by atoms with van der Waals surface area (Å²) in [6, 6.07) is 23.6. The molecule has 27 heavy (non-hydrogen) atoms. The van der Waals surface area contributed by atoms with E-state index >= 15 is 0 Å². The van der Waals surface area contributed by atoms with Gasteiger partial charge in [0.1, 0.15) is 0 Å². The normalized spacial score (nSPS) is 11.5. The van der Waals surface area contributed by atoms with E-state index in [1.165, 1.54) is 0 Å². The average Bonchev–Trinajstić information content (AvgIpc) is 2.68. The van der Waals surface area contributed by atoms with E-state index in [2.05, 4.69) is 26.6 Å². The Morgan fingerprint density at radius 2 is 1.56 bits per heavy atom. The van der Waals surface area contributed by atoms with E-state index < -0.39 is 6.17 Å². The predicted octanol–water partition coefficient (Wildman–Crippen LogP) is 4.81. The highest BCUT2D eigenvalue weighted by molar-refractivity contribution is 9.10. The van der Waals surface area contributed by atoms with Crippen molar-refractivity contribution in [1.29, 1.82) is 0 Å². The fourth-order valence-corrected chi connectivity index (χ4v) is 2.92. The number of nitrogens with one attached hydrogen (secondary N) is 2. The lowest BCUT2D eigenvalue weighted by Crippen LogP contribution is -2.46. The second-order valence-electron chi connectivity index (χ2n) is 6.16. The van der Waals surface area contributed by atoms with Gasteiger partial charge in [0, 0.05) is 21.3 Å². The summed E-state index contributed by atoms with van der Waals surface area (Å²) >= 11 is 3.35. The molecular weight excluding hydrogens is 404 g/mol. The number of carbonyl (C=O) groups is 2. The van der Waals surface area contributed by atoms with Crippen LogP contribution in [0.4, 0.5) is 5.69 Å². The summed E-state index contributed by atoms with van der Waals surface area (Å²) < 4.78 is 0.883. The zero-order valence-electron chi connectivity index (χ0n) is 14.8. The van der Waals surface area contributed by atoms with Crippen molar-refractivity contribution in [2.45, 2.75) is 13.1 Å². The van der Waals surface area contributed by atoms with E-state index in [0.29, 0.717) is 11.1 Å². The monoisotopic (exact) mass is 422 g/mol. The van der Waals surface area contributed by atoms with Crippen LogP contribution in [0.2, 0.25) is 0 Å². The molecule has 3 aromatic carbocycles. The molecule has 0 spiro atoms. The highest BCUT2D eigenvalue weighted by atomic mass is 79.9. The number of anilines is 1. The minimum absolute atomic E-state index is 0.206. The number of halogens is 1. The summed E-state index contributed by atoms with van der Waals surface area (Å²) in [6.07, 6.45) is -0.884. The summed E-state index contributed by atoms with van der Waals surface area (Å²) in [4.78, 5) is 25.6. The molecular formula is C22H19BrN2O2. The number of ketones is 1. The highest BCUT2D eigenvalue weighted by Gasteiger charge is 2.22. The SMILES string of the molecule is Cc1cccc(N[C@@H](NC(=O)c2ccc(Br)cc2)C(=O)c2ccccc2)c1. The van der Waals surface area contributed by atoms with Crippen LogP contribution < -0.4 is 10.6 Å². The van der Waals surface area contributed by atoms with Gasteiger partial charge < -0.3 is 10.6 Å². The Morgan fingerprint density at radius 1 is 0.852 bits per heavy atom. The minimum atomic E-state index is -0.884. The number of Topliss-reactive ketones (excluding diaryl/α,β-unsaturated/α-hetero) is 1. The van der Waals surface area contributed by atoms with Gasteiger partial charge in [-0.15, -0.1) is 0 Å². The Balaban J connectivity index is 1.85. The van der Waals surface area contributed by atoms with Crippen molar-refractivity contribution in [1.82, 2.24) is 5.32 Å². The predicted molar refractivity (Wildman–Crippen MR) is 111 cm³/mol. The summed E-state index contributed by atoms with van der Waals surface area (Å²) in [6.45, 7) is 1.97. The van der Waals surface area contributed by atoms with Crippen LogP contribution in [0.25, 0.3) is 0 Å². The molecule has 3 aromatic rings. The lowest BCUT2D eigenvalue weighted by Gasteiger charge is -2.21.